The van der Waals surface area contributed by atoms with E-state index < -0.39 is 16.5 Å². The van der Waals surface area contributed by atoms with Crippen LogP contribution in [0.25, 0.3) is 0 Å². The molecule has 6 N–H and O–H groups in total. The summed E-state index contributed by atoms with van der Waals surface area (Å²) in [6.07, 6.45) is 0. The second kappa shape index (κ2) is 10.9. The van der Waals surface area contributed by atoms with Crippen molar-refractivity contribution in [3.05, 3.63) is 0 Å². The van der Waals surface area contributed by atoms with Crippen molar-refractivity contribution < 1.29 is 34.2 Å². The van der Waals surface area contributed by atoms with Crippen LogP contribution in [0, 0.1) is 0 Å². The lowest BCUT2D eigenvalue weighted by Crippen LogP contribution is -1.38. The summed E-state index contributed by atoms with van der Waals surface area (Å²) >= 11 is 0. The van der Waals surface area contributed by atoms with Gasteiger partial charge in [0.1, 0.15) is 0 Å². The largest absolute Gasteiger partial charge is 0.692 e. The molecular formula is H6O7P2+2. The maximum Gasteiger partial charge on any atom is 0.692 e. The Morgan fingerprint density at radius 1 is 0.778 bits per heavy atom. The summed E-state index contributed by atoms with van der Waals surface area (Å²) in [5.41, 5.74) is 0. The summed E-state index contributed by atoms with van der Waals surface area (Å²) in [6.45, 7) is 0. The zero-order chi connectivity index (χ0) is 7.15. The van der Waals surface area contributed by atoms with Crippen molar-refractivity contribution in [2.45, 2.75) is 0 Å². The van der Waals surface area contributed by atoms with E-state index >= 15 is 0 Å². The van der Waals surface area contributed by atoms with E-state index in [1.54, 1.807) is 0 Å². The lowest BCUT2D eigenvalue weighted by molar-refractivity contribution is 0.403. The molecule has 0 unspecified atom stereocenters. The summed E-state index contributed by atoms with van der Waals surface area (Å²) in [5.74, 6) is 0. The molecule has 0 aromatic heterocycles. The third-order valence-corrected chi connectivity index (χ3v) is 0. The Kier molecular flexibility index (Phi) is 19.4. The highest BCUT2D eigenvalue weighted by molar-refractivity contribution is 7.31. The van der Waals surface area contributed by atoms with Gasteiger partial charge in [0.2, 0.25) is 0 Å². The SMILES string of the molecule is O.O=[P+](O)O.O=[P+](O)O. The zero-order valence-corrected chi connectivity index (χ0v) is 5.79. The van der Waals surface area contributed by atoms with Gasteiger partial charge in [-0.25, -0.2) is 0 Å². The molecule has 0 aliphatic carbocycles. The average molecular weight is 180 g/mol. The Balaban J connectivity index is -0.0000000720. The molecule has 0 heterocycles. The summed E-state index contributed by atoms with van der Waals surface area (Å²) in [4.78, 5) is 28.5. The number of hydrogen-bond donors (Lipinski definition) is 4. The van der Waals surface area contributed by atoms with Crippen LogP contribution in [0.15, 0.2) is 0 Å². The van der Waals surface area contributed by atoms with Crippen molar-refractivity contribution in [2.24, 2.45) is 0 Å². The lowest BCUT2D eigenvalue weighted by Gasteiger charge is -1.34. The highest BCUT2D eigenvalue weighted by atomic mass is 31.1. The second-order valence-electron chi connectivity index (χ2n) is 0.505. The minimum Gasteiger partial charge on any atom is -0.412 e. The Bertz CT molecular complexity index is 64.9. The van der Waals surface area contributed by atoms with Gasteiger partial charge >= 0.3 is 16.5 Å². The molecule has 7 nitrogen and oxygen atoms in total. The Morgan fingerprint density at radius 3 is 0.778 bits per heavy atom. The molecule has 0 spiro atoms. The van der Waals surface area contributed by atoms with E-state index in [0.717, 1.165) is 0 Å². The highest BCUT2D eigenvalue weighted by Crippen LogP contribution is 1.98. The van der Waals surface area contributed by atoms with Gasteiger partial charge in [0.05, 0.1) is 0 Å². The fourth-order valence-corrected chi connectivity index (χ4v) is 0. The molecule has 9 heteroatoms. The third-order valence-electron chi connectivity index (χ3n) is 0. The van der Waals surface area contributed by atoms with Crippen LogP contribution in [0.4, 0.5) is 0 Å². The van der Waals surface area contributed by atoms with Crippen LogP contribution in [0.1, 0.15) is 0 Å². The van der Waals surface area contributed by atoms with Crippen LogP contribution in [0.5, 0.6) is 0 Å². The molecule has 0 atom stereocenters. The summed E-state index contributed by atoms with van der Waals surface area (Å²) in [5, 5.41) is 0. The molecule has 56 valence electrons. The predicted molar refractivity (Wildman–Crippen MR) is 27.7 cm³/mol. The second-order valence-corrected chi connectivity index (χ2v) is 1.52. The van der Waals surface area contributed by atoms with Crippen molar-refractivity contribution in [1.29, 1.82) is 0 Å². The first-order chi connectivity index (χ1) is 3.46. The van der Waals surface area contributed by atoms with Gasteiger partial charge in [-0.15, -0.1) is 19.6 Å². The van der Waals surface area contributed by atoms with Crippen LogP contribution in [0.2, 0.25) is 0 Å². The molecule has 0 saturated carbocycles. The predicted octanol–water partition coefficient (Wildman–Crippen LogP) is -1.57. The van der Waals surface area contributed by atoms with E-state index in [1.165, 1.54) is 0 Å². The topological polar surface area (TPSA) is 147 Å². The first kappa shape index (κ1) is 16.0. The zero-order valence-electron chi connectivity index (χ0n) is 4.00. The number of rotatable bonds is 0. The molecule has 9 heavy (non-hydrogen) atoms. The van der Waals surface area contributed by atoms with Crippen molar-refractivity contribution in [1.82, 2.24) is 0 Å². The Labute approximate surface area is 51.8 Å². The molecule has 0 saturated heterocycles. The van der Waals surface area contributed by atoms with Crippen molar-refractivity contribution in [3.63, 3.8) is 0 Å². The van der Waals surface area contributed by atoms with Gasteiger partial charge in [0.25, 0.3) is 0 Å². The van der Waals surface area contributed by atoms with E-state index in [0.29, 0.717) is 0 Å². The summed E-state index contributed by atoms with van der Waals surface area (Å²) in [7, 11) is -5.74. The minimum absolute atomic E-state index is 0. The van der Waals surface area contributed by atoms with Gasteiger partial charge in [0.15, 0.2) is 0 Å². The minimum atomic E-state index is -2.87. The lowest BCUT2D eigenvalue weighted by atomic mass is 15.8. The number of hydrogen-bond acceptors (Lipinski definition) is 2. The van der Waals surface area contributed by atoms with E-state index in [9.17, 15) is 0 Å². The standard InChI is InChI=1S/2HO3P.H2O/c2*1-4(2)3;/h2*(H-,1,2,3);1H2/p+2. The van der Waals surface area contributed by atoms with E-state index in [2.05, 4.69) is 0 Å². The third kappa shape index (κ3) is 166000000000000003647624894524424192. The van der Waals surface area contributed by atoms with Crippen LogP contribution in [-0.2, 0) is 9.13 Å². The molecule has 0 amide bonds. The monoisotopic (exact) mass is 180 g/mol. The molecule has 0 radical (unpaired) electrons. The van der Waals surface area contributed by atoms with Crippen LogP contribution in [-0.4, -0.2) is 25.0 Å². The van der Waals surface area contributed by atoms with Crippen molar-refractivity contribution in [2.75, 3.05) is 0 Å². The quantitative estimate of drug-likeness (QED) is 0.331. The van der Waals surface area contributed by atoms with Crippen LogP contribution in [0.3, 0.4) is 0 Å². The molecule has 0 rings (SSSR count). The maximum atomic E-state index is 8.70. The van der Waals surface area contributed by atoms with Gasteiger partial charge in [-0.2, -0.15) is 0 Å². The van der Waals surface area contributed by atoms with Gasteiger partial charge < -0.3 is 5.48 Å². The Morgan fingerprint density at radius 2 is 0.778 bits per heavy atom. The normalized spacial score (nSPS) is 5.78. The van der Waals surface area contributed by atoms with Crippen molar-refractivity contribution >= 4 is 16.5 Å². The molecular weight excluding hydrogens is 174 g/mol. The van der Waals surface area contributed by atoms with Gasteiger partial charge in [-0.05, 0) is 0 Å². The smallest absolute Gasteiger partial charge is 0.412 e. The van der Waals surface area contributed by atoms with E-state index in [1.807, 2.05) is 0 Å². The van der Waals surface area contributed by atoms with Gasteiger partial charge in [-0.1, -0.05) is 0 Å². The van der Waals surface area contributed by atoms with Crippen molar-refractivity contribution in [3.8, 4) is 0 Å². The van der Waals surface area contributed by atoms with E-state index in [4.69, 9.17) is 28.7 Å². The molecule has 0 fully saturated rings. The molecule has 0 bridgehead atoms. The van der Waals surface area contributed by atoms with Crippen LogP contribution < -0.4 is 0 Å². The fourth-order valence-electron chi connectivity index (χ4n) is 0. The summed E-state index contributed by atoms with van der Waals surface area (Å²) in [6, 6.07) is 0. The molecule has 0 aromatic carbocycles. The van der Waals surface area contributed by atoms with Gasteiger partial charge in [0, 0.05) is 9.13 Å². The average Bonchev–Trinajstić information content (AvgIpc) is 1.25. The van der Waals surface area contributed by atoms with Gasteiger partial charge in [-0.3, -0.25) is 0 Å². The molecule has 0 aliphatic heterocycles. The first-order valence-electron chi connectivity index (χ1n) is 1.17. The maximum absolute atomic E-state index is 8.70. The summed E-state index contributed by atoms with van der Waals surface area (Å²) < 4.78 is 17.4. The molecule has 0 aromatic rings. The highest BCUT2D eigenvalue weighted by Gasteiger charge is 1.93. The van der Waals surface area contributed by atoms with E-state index in [-0.39, 0.29) is 5.48 Å². The molecule has 0 aliphatic rings. The fraction of sp³-hybridized carbons (Fsp3) is 0. The van der Waals surface area contributed by atoms with Crippen LogP contribution >= 0.6 is 16.5 Å². The Hall–Kier alpha value is -0.0000000000000000416. The first-order valence-corrected chi connectivity index (χ1v) is 3.50.